The number of aromatic nitrogens is 3. The Hall–Kier alpha value is -3.92. The fourth-order valence-electron chi connectivity index (χ4n) is 3.56. The molecule has 0 fully saturated rings. The molecule has 3 aromatic carbocycles. The molecule has 0 aliphatic heterocycles. The molecule has 0 saturated heterocycles. The third-order valence-corrected chi connectivity index (χ3v) is 6.40. The first kappa shape index (κ1) is 24.2. The van der Waals surface area contributed by atoms with Crippen molar-refractivity contribution in [2.45, 2.75) is 23.9 Å². The van der Waals surface area contributed by atoms with Crippen LogP contribution in [-0.4, -0.2) is 33.3 Å². The van der Waals surface area contributed by atoms with Crippen molar-refractivity contribution in [3.8, 4) is 17.2 Å². The zero-order chi connectivity index (χ0) is 24.8. The number of thioether (sulfide) groups is 1. The second kappa shape index (κ2) is 11.0. The summed E-state index contributed by atoms with van der Waals surface area (Å²) in [7, 11) is 1.50. The van der Waals surface area contributed by atoms with Crippen molar-refractivity contribution in [1.82, 2.24) is 14.8 Å². The summed E-state index contributed by atoms with van der Waals surface area (Å²) >= 11 is 1.26. The number of halogens is 1. The summed E-state index contributed by atoms with van der Waals surface area (Å²) in [4.78, 5) is 11.2. The van der Waals surface area contributed by atoms with Gasteiger partial charge in [-0.3, -0.25) is 14.7 Å². The zero-order valence-electron chi connectivity index (χ0n) is 19.1. The number of nitrogens with zero attached hydrogens (tertiary/aromatic N) is 4. The molecule has 35 heavy (non-hydrogen) atoms. The van der Waals surface area contributed by atoms with Crippen LogP contribution in [0.5, 0.6) is 11.5 Å². The molecule has 0 aliphatic carbocycles. The van der Waals surface area contributed by atoms with Gasteiger partial charge in [0, 0.05) is 10.6 Å². The minimum atomic E-state index is -0.553. The quantitative estimate of drug-likeness (QED) is 0.165. The Morgan fingerprint density at radius 3 is 2.57 bits per heavy atom. The van der Waals surface area contributed by atoms with E-state index in [-0.39, 0.29) is 23.9 Å². The first-order valence-electron chi connectivity index (χ1n) is 10.8. The van der Waals surface area contributed by atoms with Gasteiger partial charge in [0.15, 0.2) is 16.7 Å². The number of hydrogen-bond acceptors (Lipinski definition) is 7. The number of rotatable bonds is 10. The molecule has 0 spiro atoms. The van der Waals surface area contributed by atoms with E-state index in [2.05, 4.69) is 10.2 Å². The second-order valence-corrected chi connectivity index (χ2v) is 8.82. The summed E-state index contributed by atoms with van der Waals surface area (Å²) in [5, 5.41) is 19.9. The maximum Gasteiger partial charge on any atom is 0.220 e. The fraction of sp³-hybridized carbons (Fsp3) is 0.200. The van der Waals surface area contributed by atoms with Gasteiger partial charge in [0.2, 0.25) is 6.54 Å². The van der Waals surface area contributed by atoms with Gasteiger partial charge in [-0.1, -0.05) is 48.2 Å². The summed E-state index contributed by atoms with van der Waals surface area (Å²) < 4.78 is 26.6. The van der Waals surface area contributed by atoms with Crippen LogP contribution in [0, 0.1) is 22.9 Å². The lowest BCUT2D eigenvalue weighted by atomic mass is 10.1. The number of para-hydroxylation sites is 1. The molecule has 0 saturated carbocycles. The van der Waals surface area contributed by atoms with Gasteiger partial charge in [0.05, 0.1) is 7.11 Å². The minimum absolute atomic E-state index is 0.153. The highest BCUT2D eigenvalue weighted by atomic mass is 32.2. The number of methoxy groups -OCH3 is 1. The van der Waals surface area contributed by atoms with E-state index < -0.39 is 5.25 Å². The monoisotopic (exact) mass is 494 g/mol. The van der Waals surface area contributed by atoms with Gasteiger partial charge in [-0.05, 0) is 54.4 Å². The molecular formula is C25H23FN4O4S. The second-order valence-electron chi connectivity index (χ2n) is 7.65. The van der Waals surface area contributed by atoms with Crippen molar-refractivity contribution in [2.24, 2.45) is 0 Å². The molecule has 1 aromatic heterocycles. The van der Waals surface area contributed by atoms with E-state index in [1.807, 2.05) is 41.8 Å². The van der Waals surface area contributed by atoms with Crippen molar-refractivity contribution in [1.29, 1.82) is 0 Å². The van der Waals surface area contributed by atoms with Crippen LogP contribution in [0.25, 0.3) is 5.69 Å². The highest BCUT2D eigenvalue weighted by Crippen LogP contribution is 2.39. The van der Waals surface area contributed by atoms with Crippen LogP contribution in [0.2, 0.25) is 0 Å². The molecule has 4 rings (SSSR count). The van der Waals surface area contributed by atoms with Gasteiger partial charge in [0.1, 0.15) is 23.5 Å². The standard InChI is InChI=1S/C25H23FN4O4S/c1-17-27-28-25(30(17)21-9-4-3-5-10-21)35-24(15-29(31)32)19-11-12-22(23(14-19)33-2)34-16-18-7-6-8-20(26)13-18/h3-14,24H,15-16H2,1-2H3/t24-/m0/s1. The normalized spacial score (nSPS) is 11.7. The third-order valence-electron chi connectivity index (χ3n) is 5.21. The average molecular weight is 495 g/mol. The van der Waals surface area contributed by atoms with Crippen LogP contribution in [0.1, 0.15) is 22.2 Å². The smallest absolute Gasteiger partial charge is 0.220 e. The largest absolute Gasteiger partial charge is 0.493 e. The Labute approximate surface area is 205 Å². The molecule has 180 valence electrons. The molecule has 1 heterocycles. The van der Waals surface area contributed by atoms with Gasteiger partial charge in [0.25, 0.3) is 0 Å². The topological polar surface area (TPSA) is 92.3 Å². The van der Waals surface area contributed by atoms with Crippen LogP contribution in [0.3, 0.4) is 0 Å². The van der Waals surface area contributed by atoms with E-state index in [1.165, 1.54) is 31.0 Å². The number of hydrogen-bond donors (Lipinski definition) is 0. The van der Waals surface area contributed by atoms with Gasteiger partial charge in [-0.25, -0.2) is 4.39 Å². The molecule has 1 atom stereocenters. The van der Waals surface area contributed by atoms with E-state index in [1.54, 1.807) is 30.3 Å². The number of benzene rings is 3. The maximum atomic E-state index is 13.5. The molecule has 0 unspecified atom stereocenters. The SMILES string of the molecule is COc1cc([C@H](C[N+](=O)[O-])Sc2nnc(C)n2-c2ccccc2)ccc1OCc1cccc(F)c1. The predicted octanol–water partition coefficient (Wildman–Crippen LogP) is 5.41. The maximum absolute atomic E-state index is 13.5. The van der Waals surface area contributed by atoms with Crippen LogP contribution in [0.15, 0.2) is 78.0 Å². The lowest BCUT2D eigenvalue weighted by Gasteiger charge is -2.17. The molecule has 0 amide bonds. The lowest BCUT2D eigenvalue weighted by Crippen LogP contribution is -2.11. The number of aryl methyl sites for hydroxylation is 1. The molecule has 8 nitrogen and oxygen atoms in total. The lowest BCUT2D eigenvalue weighted by molar-refractivity contribution is -0.479. The molecule has 0 N–H and O–H groups in total. The van der Waals surface area contributed by atoms with E-state index in [0.29, 0.717) is 33.6 Å². The summed E-state index contributed by atoms with van der Waals surface area (Å²) in [6.07, 6.45) is 0. The summed E-state index contributed by atoms with van der Waals surface area (Å²) in [6.45, 7) is 1.67. The van der Waals surface area contributed by atoms with Gasteiger partial charge >= 0.3 is 0 Å². The Kier molecular flexibility index (Phi) is 7.61. The van der Waals surface area contributed by atoms with Crippen LogP contribution >= 0.6 is 11.8 Å². The summed E-state index contributed by atoms with van der Waals surface area (Å²) in [6, 6.07) is 20.9. The third kappa shape index (κ3) is 5.96. The summed E-state index contributed by atoms with van der Waals surface area (Å²) in [5.41, 5.74) is 2.23. The van der Waals surface area contributed by atoms with Crippen molar-refractivity contribution in [2.75, 3.05) is 13.7 Å². The summed E-state index contributed by atoms with van der Waals surface area (Å²) in [5.74, 6) is 1.21. The Bertz CT molecular complexity index is 1320. The Morgan fingerprint density at radius 2 is 1.86 bits per heavy atom. The van der Waals surface area contributed by atoms with Crippen molar-refractivity contribution < 1.29 is 18.8 Å². The molecule has 4 aromatic rings. The van der Waals surface area contributed by atoms with Crippen molar-refractivity contribution in [3.05, 3.63) is 106 Å². The van der Waals surface area contributed by atoms with E-state index >= 15 is 0 Å². The Morgan fingerprint density at radius 1 is 1.06 bits per heavy atom. The van der Waals surface area contributed by atoms with E-state index in [4.69, 9.17) is 9.47 Å². The first-order chi connectivity index (χ1) is 16.9. The molecular weight excluding hydrogens is 471 g/mol. The fourth-order valence-corrected chi connectivity index (χ4v) is 4.72. The van der Waals surface area contributed by atoms with Crippen LogP contribution < -0.4 is 9.47 Å². The first-order valence-corrected chi connectivity index (χ1v) is 11.6. The van der Waals surface area contributed by atoms with Crippen molar-refractivity contribution in [3.63, 3.8) is 0 Å². The molecule has 0 aliphatic rings. The van der Waals surface area contributed by atoms with Crippen LogP contribution in [-0.2, 0) is 6.61 Å². The molecule has 0 radical (unpaired) electrons. The Balaban J connectivity index is 1.60. The number of nitro groups is 1. The molecule has 10 heteroatoms. The highest BCUT2D eigenvalue weighted by molar-refractivity contribution is 7.99. The van der Waals surface area contributed by atoms with Gasteiger partial charge in [-0.2, -0.15) is 0 Å². The zero-order valence-corrected chi connectivity index (χ0v) is 19.9. The van der Waals surface area contributed by atoms with E-state index in [9.17, 15) is 14.5 Å². The average Bonchev–Trinajstić information content (AvgIpc) is 3.22. The highest BCUT2D eigenvalue weighted by Gasteiger charge is 2.25. The van der Waals surface area contributed by atoms with E-state index in [0.717, 1.165) is 5.69 Å². The molecule has 0 bridgehead atoms. The van der Waals surface area contributed by atoms with Gasteiger partial charge in [-0.15, -0.1) is 10.2 Å². The minimum Gasteiger partial charge on any atom is -0.493 e. The number of ether oxygens (including phenoxy) is 2. The van der Waals surface area contributed by atoms with Crippen LogP contribution in [0.4, 0.5) is 4.39 Å². The van der Waals surface area contributed by atoms with Gasteiger partial charge < -0.3 is 9.47 Å². The predicted molar refractivity (Wildman–Crippen MR) is 130 cm³/mol. The van der Waals surface area contributed by atoms with Crippen molar-refractivity contribution >= 4 is 11.8 Å².